The van der Waals surface area contributed by atoms with E-state index in [1.165, 1.54) is 31.4 Å². The van der Waals surface area contributed by atoms with E-state index in [1.807, 2.05) is 0 Å². The fraction of sp³-hybridized carbons (Fsp3) is 0.391. The SMILES string of the molecule is COc1ccc(S(=O)(=O)N[C@H]2CC[C@H](CCn3cc(-c4cccc(F)c4)nn3)O[C@@H]2CO)cc1. The van der Waals surface area contributed by atoms with Gasteiger partial charge in [-0.3, -0.25) is 4.68 Å². The van der Waals surface area contributed by atoms with Crippen molar-refractivity contribution in [2.45, 2.75) is 49.0 Å². The summed E-state index contributed by atoms with van der Waals surface area (Å²) in [4.78, 5) is 0.118. The molecule has 0 aliphatic carbocycles. The third-order valence-corrected chi connectivity index (χ3v) is 7.32. The molecule has 0 unspecified atom stereocenters. The minimum absolute atomic E-state index is 0.118. The van der Waals surface area contributed by atoms with Crippen LogP contribution in [0.1, 0.15) is 19.3 Å². The van der Waals surface area contributed by atoms with Gasteiger partial charge in [0.05, 0.1) is 43.1 Å². The summed E-state index contributed by atoms with van der Waals surface area (Å²) in [5, 5.41) is 18.0. The normalized spacial score (nSPS) is 20.9. The van der Waals surface area contributed by atoms with Gasteiger partial charge in [-0.2, -0.15) is 0 Å². The Hall–Kier alpha value is -2.86. The summed E-state index contributed by atoms with van der Waals surface area (Å²) in [7, 11) is -2.26. The standard InChI is InChI=1S/C23H27FN4O5S/c1-32-18-5-8-20(9-6-18)34(30,31)26-21-10-7-19(33-23(21)15-29)11-12-28-14-22(25-27-28)16-3-2-4-17(24)13-16/h2-6,8-9,13-14,19,21,23,26,29H,7,10-12,15H2,1H3/t19-,21+,23-/m1/s1. The van der Waals surface area contributed by atoms with E-state index in [1.54, 1.807) is 35.1 Å². The second-order valence-corrected chi connectivity index (χ2v) is 9.84. The molecule has 182 valence electrons. The van der Waals surface area contributed by atoms with E-state index in [4.69, 9.17) is 9.47 Å². The predicted octanol–water partition coefficient (Wildman–Crippen LogP) is 2.37. The molecule has 0 saturated carbocycles. The van der Waals surface area contributed by atoms with Gasteiger partial charge in [-0.25, -0.2) is 17.5 Å². The molecule has 2 aromatic carbocycles. The fourth-order valence-electron chi connectivity index (χ4n) is 3.97. The number of hydrogen-bond donors (Lipinski definition) is 2. The molecule has 1 aliphatic heterocycles. The van der Waals surface area contributed by atoms with Crippen molar-refractivity contribution in [1.82, 2.24) is 19.7 Å². The van der Waals surface area contributed by atoms with E-state index in [0.29, 0.717) is 42.8 Å². The van der Waals surface area contributed by atoms with Crippen LogP contribution in [0.2, 0.25) is 0 Å². The quantitative estimate of drug-likeness (QED) is 0.473. The van der Waals surface area contributed by atoms with E-state index in [2.05, 4.69) is 15.0 Å². The van der Waals surface area contributed by atoms with E-state index in [-0.39, 0.29) is 23.4 Å². The molecule has 3 aromatic rings. The maximum absolute atomic E-state index is 13.4. The number of halogens is 1. The number of aliphatic hydroxyl groups excluding tert-OH is 1. The van der Waals surface area contributed by atoms with Crippen molar-refractivity contribution < 1.29 is 27.4 Å². The third kappa shape index (κ3) is 5.79. The summed E-state index contributed by atoms with van der Waals surface area (Å²) in [5.41, 5.74) is 1.22. The van der Waals surface area contributed by atoms with Crippen LogP contribution in [-0.2, 0) is 21.3 Å². The molecular formula is C23H27FN4O5S. The van der Waals surface area contributed by atoms with Crippen molar-refractivity contribution in [1.29, 1.82) is 0 Å². The Balaban J connectivity index is 1.33. The molecule has 0 amide bonds. The highest BCUT2D eigenvalue weighted by Gasteiger charge is 2.34. The molecule has 0 bridgehead atoms. The predicted molar refractivity (Wildman–Crippen MR) is 122 cm³/mol. The van der Waals surface area contributed by atoms with E-state index in [9.17, 15) is 17.9 Å². The number of aromatic nitrogens is 3. The van der Waals surface area contributed by atoms with Gasteiger partial charge in [0.1, 0.15) is 17.3 Å². The summed E-state index contributed by atoms with van der Waals surface area (Å²) in [5.74, 6) is 0.223. The van der Waals surface area contributed by atoms with Crippen molar-refractivity contribution in [2.75, 3.05) is 13.7 Å². The topological polar surface area (TPSA) is 116 Å². The molecule has 1 aromatic heterocycles. The zero-order valence-electron chi connectivity index (χ0n) is 18.7. The molecule has 2 N–H and O–H groups in total. The number of rotatable bonds is 9. The second-order valence-electron chi connectivity index (χ2n) is 8.13. The van der Waals surface area contributed by atoms with Crippen molar-refractivity contribution in [3.63, 3.8) is 0 Å². The summed E-state index contributed by atoms with van der Waals surface area (Å²) in [6.45, 7) is 0.215. The first-order chi connectivity index (χ1) is 16.4. The van der Waals surface area contributed by atoms with Gasteiger partial charge >= 0.3 is 0 Å². The number of benzene rings is 2. The van der Waals surface area contributed by atoms with E-state index in [0.717, 1.165) is 0 Å². The number of ether oxygens (including phenoxy) is 2. The lowest BCUT2D eigenvalue weighted by Gasteiger charge is -2.36. The molecule has 9 nitrogen and oxygen atoms in total. The molecule has 34 heavy (non-hydrogen) atoms. The van der Waals surface area contributed by atoms with Crippen molar-refractivity contribution in [2.24, 2.45) is 0 Å². The number of hydrogen-bond acceptors (Lipinski definition) is 7. The van der Waals surface area contributed by atoms with Crippen LogP contribution in [0.15, 0.2) is 59.6 Å². The zero-order valence-corrected chi connectivity index (χ0v) is 19.5. The van der Waals surface area contributed by atoms with Gasteiger partial charge in [-0.1, -0.05) is 17.3 Å². The highest BCUT2D eigenvalue weighted by atomic mass is 32.2. The lowest BCUT2D eigenvalue weighted by Crippen LogP contribution is -2.50. The number of sulfonamides is 1. The maximum atomic E-state index is 13.4. The van der Waals surface area contributed by atoms with Crippen LogP contribution in [0.4, 0.5) is 4.39 Å². The number of nitrogens with one attached hydrogen (secondary N) is 1. The maximum Gasteiger partial charge on any atom is 0.240 e. The monoisotopic (exact) mass is 490 g/mol. The van der Waals surface area contributed by atoms with Crippen LogP contribution in [0.25, 0.3) is 11.3 Å². The van der Waals surface area contributed by atoms with Gasteiger partial charge in [0, 0.05) is 12.1 Å². The van der Waals surface area contributed by atoms with Crippen LogP contribution in [0.3, 0.4) is 0 Å². The molecular weight excluding hydrogens is 463 g/mol. The summed E-state index contributed by atoms with van der Waals surface area (Å²) in [6, 6.07) is 11.7. The molecule has 1 fully saturated rings. The molecule has 2 heterocycles. The Morgan fingerprint density at radius 1 is 1.24 bits per heavy atom. The number of aryl methyl sites for hydroxylation is 1. The minimum Gasteiger partial charge on any atom is -0.497 e. The molecule has 1 aliphatic rings. The summed E-state index contributed by atoms with van der Waals surface area (Å²) in [6.07, 6.45) is 2.67. The lowest BCUT2D eigenvalue weighted by atomic mass is 9.98. The van der Waals surface area contributed by atoms with Crippen LogP contribution < -0.4 is 9.46 Å². The molecule has 3 atom stereocenters. The summed E-state index contributed by atoms with van der Waals surface area (Å²) >= 11 is 0. The van der Waals surface area contributed by atoms with E-state index >= 15 is 0 Å². The van der Waals surface area contributed by atoms with E-state index < -0.39 is 22.2 Å². The Bertz CT molecular complexity index is 1200. The first kappa shape index (κ1) is 24.3. The second kappa shape index (κ2) is 10.6. The Labute approximate surface area is 197 Å². The van der Waals surface area contributed by atoms with Crippen LogP contribution in [0.5, 0.6) is 5.75 Å². The molecule has 1 saturated heterocycles. The fourth-order valence-corrected chi connectivity index (χ4v) is 5.26. The van der Waals surface area contributed by atoms with Crippen molar-refractivity contribution >= 4 is 10.0 Å². The van der Waals surface area contributed by atoms with Gasteiger partial charge in [0.15, 0.2) is 0 Å². The van der Waals surface area contributed by atoms with Gasteiger partial charge in [0.2, 0.25) is 10.0 Å². The average molecular weight is 491 g/mol. The zero-order chi connectivity index (χ0) is 24.1. The van der Waals surface area contributed by atoms with Gasteiger partial charge in [-0.05, 0) is 55.7 Å². The van der Waals surface area contributed by atoms with Gasteiger partial charge in [0.25, 0.3) is 0 Å². The molecule has 11 heteroatoms. The number of aliphatic hydroxyl groups is 1. The minimum atomic E-state index is -3.77. The van der Waals surface area contributed by atoms with Gasteiger partial charge in [-0.15, -0.1) is 5.10 Å². The molecule has 0 radical (unpaired) electrons. The largest absolute Gasteiger partial charge is 0.497 e. The highest BCUT2D eigenvalue weighted by Crippen LogP contribution is 2.25. The smallest absolute Gasteiger partial charge is 0.240 e. The number of nitrogens with zero attached hydrogens (tertiary/aromatic N) is 3. The molecule has 4 rings (SSSR count). The number of methoxy groups -OCH3 is 1. The third-order valence-electron chi connectivity index (χ3n) is 5.81. The average Bonchev–Trinajstić information content (AvgIpc) is 3.32. The highest BCUT2D eigenvalue weighted by molar-refractivity contribution is 7.89. The Morgan fingerprint density at radius 2 is 2.03 bits per heavy atom. The van der Waals surface area contributed by atoms with Crippen molar-refractivity contribution in [3.05, 3.63) is 60.5 Å². The Morgan fingerprint density at radius 3 is 2.74 bits per heavy atom. The van der Waals surface area contributed by atoms with Crippen molar-refractivity contribution in [3.8, 4) is 17.0 Å². The van der Waals surface area contributed by atoms with Gasteiger partial charge < -0.3 is 14.6 Å². The van der Waals surface area contributed by atoms with Crippen LogP contribution in [-0.4, -0.2) is 60.5 Å². The first-order valence-corrected chi connectivity index (χ1v) is 12.4. The summed E-state index contributed by atoms with van der Waals surface area (Å²) < 4.78 is 54.3. The first-order valence-electron chi connectivity index (χ1n) is 11.0. The van der Waals surface area contributed by atoms with Crippen LogP contribution in [0, 0.1) is 5.82 Å². The molecule has 0 spiro atoms. The lowest BCUT2D eigenvalue weighted by molar-refractivity contribution is -0.0891. The van der Waals surface area contributed by atoms with Crippen LogP contribution >= 0.6 is 0 Å². The Kier molecular flexibility index (Phi) is 7.57.